The van der Waals surface area contributed by atoms with E-state index in [9.17, 15) is 0 Å². The highest BCUT2D eigenvalue weighted by molar-refractivity contribution is 5.16. The Morgan fingerprint density at radius 2 is 1.71 bits per heavy atom. The molecule has 2 heteroatoms. The molecule has 0 N–H and O–H groups in total. The maximum absolute atomic E-state index is 6.11. The predicted molar refractivity (Wildman–Crippen MR) is 86.9 cm³/mol. The van der Waals surface area contributed by atoms with Crippen molar-refractivity contribution in [3.05, 3.63) is 42.8 Å². The number of hydrogen-bond acceptors (Lipinski definition) is 2. The first-order chi connectivity index (χ1) is 10.3. The summed E-state index contributed by atoms with van der Waals surface area (Å²) in [6, 6.07) is 10.2. The monoisotopic (exact) mass is 289 g/mol. The van der Waals surface area contributed by atoms with Crippen LogP contribution in [0, 0.1) is 6.92 Å². The van der Waals surface area contributed by atoms with Gasteiger partial charge in [-0.2, -0.15) is 0 Å². The smallest absolute Gasteiger partial charge is 0.184 e. The van der Waals surface area contributed by atoms with E-state index in [4.69, 9.17) is 9.47 Å². The van der Waals surface area contributed by atoms with Gasteiger partial charge in [0.05, 0.1) is 12.2 Å². The van der Waals surface area contributed by atoms with Crippen LogP contribution in [0.1, 0.15) is 70.1 Å². The summed E-state index contributed by atoms with van der Waals surface area (Å²) in [5.41, 5.74) is 1.10. The Hall–Kier alpha value is -0.860. The zero-order valence-corrected chi connectivity index (χ0v) is 13.3. The molecule has 0 aliphatic carbocycles. The molecule has 21 heavy (non-hydrogen) atoms. The first-order valence-electron chi connectivity index (χ1n) is 8.48. The molecular formula is C19H29O2. The van der Waals surface area contributed by atoms with Crippen molar-refractivity contribution in [1.82, 2.24) is 0 Å². The van der Waals surface area contributed by atoms with Crippen LogP contribution in [-0.4, -0.2) is 12.2 Å². The molecule has 1 saturated heterocycles. The van der Waals surface area contributed by atoms with Gasteiger partial charge in [0.2, 0.25) is 0 Å². The minimum Gasteiger partial charge on any atom is -0.345 e. The summed E-state index contributed by atoms with van der Waals surface area (Å²) in [7, 11) is 0. The van der Waals surface area contributed by atoms with Gasteiger partial charge < -0.3 is 9.47 Å². The Morgan fingerprint density at radius 1 is 1.00 bits per heavy atom. The van der Waals surface area contributed by atoms with Crippen LogP contribution in [-0.2, 0) is 9.47 Å². The second-order valence-electron chi connectivity index (χ2n) is 6.05. The maximum Gasteiger partial charge on any atom is 0.184 e. The van der Waals surface area contributed by atoms with E-state index in [1.807, 2.05) is 18.2 Å². The van der Waals surface area contributed by atoms with E-state index in [1.54, 1.807) is 0 Å². The molecule has 0 bridgehead atoms. The van der Waals surface area contributed by atoms with Gasteiger partial charge in [-0.05, 0) is 13.3 Å². The fraction of sp³-hybridized carbons (Fsp3) is 0.632. The third-order valence-electron chi connectivity index (χ3n) is 4.11. The fourth-order valence-electron chi connectivity index (χ4n) is 2.89. The van der Waals surface area contributed by atoms with E-state index in [2.05, 4.69) is 26.0 Å². The summed E-state index contributed by atoms with van der Waals surface area (Å²) in [5, 5.41) is 0. The van der Waals surface area contributed by atoms with Crippen molar-refractivity contribution in [2.75, 3.05) is 0 Å². The highest BCUT2D eigenvalue weighted by Gasteiger charge is 2.28. The Morgan fingerprint density at radius 3 is 2.48 bits per heavy atom. The van der Waals surface area contributed by atoms with Crippen LogP contribution in [0.5, 0.6) is 0 Å². The number of hydrogen-bond donors (Lipinski definition) is 0. The molecule has 2 rings (SSSR count). The quantitative estimate of drug-likeness (QED) is 0.593. The molecule has 0 spiro atoms. The molecule has 1 aromatic rings. The van der Waals surface area contributed by atoms with Crippen LogP contribution >= 0.6 is 0 Å². The lowest BCUT2D eigenvalue weighted by molar-refractivity contribution is -0.238. The van der Waals surface area contributed by atoms with Gasteiger partial charge in [0.15, 0.2) is 6.29 Å². The van der Waals surface area contributed by atoms with Crippen LogP contribution in [0.2, 0.25) is 0 Å². The molecule has 0 unspecified atom stereocenters. The average molecular weight is 289 g/mol. The predicted octanol–water partition coefficient (Wildman–Crippen LogP) is 5.44. The van der Waals surface area contributed by atoms with Crippen LogP contribution in [0.4, 0.5) is 0 Å². The van der Waals surface area contributed by atoms with Crippen molar-refractivity contribution in [3.8, 4) is 0 Å². The fourth-order valence-corrected chi connectivity index (χ4v) is 2.89. The largest absolute Gasteiger partial charge is 0.345 e. The highest BCUT2D eigenvalue weighted by atomic mass is 16.7. The molecule has 0 amide bonds. The first-order valence-corrected chi connectivity index (χ1v) is 8.48. The van der Waals surface area contributed by atoms with Crippen LogP contribution in [0.25, 0.3) is 0 Å². The van der Waals surface area contributed by atoms with Gasteiger partial charge in [0.25, 0.3) is 0 Å². The highest BCUT2D eigenvalue weighted by Crippen LogP contribution is 2.31. The summed E-state index contributed by atoms with van der Waals surface area (Å²) < 4.78 is 11.9. The summed E-state index contributed by atoms with van der Waals surface area (Å²) >= 11 is 0. The molecule has 117 valence electrons. The lowest BCUT2D eigenvalue weighted by Crippen LogP contribution is -2.32. The third kappa shape index (κ3) is 5.80. The van der Waals surface area contributed by atoms with E-state index < -0.39 is 0 Å². The van der Waals surface area contributed by atoms with Gasteiger partial charge in [0.1, 0.15) is 0 Å². The SMILES string of the molecule is [CH2][C@@H]1C[C@H](CCCCCCCC)O[C@H](c2ccccc2)O1. The average Bonchev–Trinajstić information content (AvgIpc) is 2.51. The third-order valence-corrected chi connectivity index (χ3v) is 4.11. The standard InChI is InChI=1S/C19H29O2/c1-3-4-5-6-7-11-14-18-15-16(2)20-19(21-18)17-12-9-8-10-13-17/h8-10,12-13,16,18-19H,2-7,11,14-15H2,1H3/t16-,18+,19-/m1/s1. The van der Waals surface area contributed by atoms with Gasteiger partial charge in [0, 0.05) is 12.0 Å². The van der Waals surface area contributed by atoms with Crippen LogP contribution < -0.4 is 0 Å². The summed E-state index contributed by atoms with van der Waals surface area (Å²) in [6.45, 7) is 6.35. The van der Waals surface area contributed by atoms with Gasteiger partial charge in [-0.3, -0.25) is 0 Å². The maximum atomic E-state index is 6.11. The zero-order chi connectivity index (χ0) is 14.9. The Balaban J connectivity index is 1.73. The first kappa shape index (κ1) is 16.5. The lowest BCUT2D eigenvalue weighted by atomic mass is 10.0. The molecule has 0 aromatic heterocycles. The molecule has 1 aliphatic rings. The molecule has 0 saturated carbocycles. The van der Waals surface area contributed by atoms with Gasteiger partial charge >= 0.3 is 0 Å². The number of benzene rings is 1. The van der Waals surface area contributed by atoms with Gasteiger partial charge in [-0.25, -0.2) is 0 Å². The zero-order valence-electron chi connectivity index (χ0n) is 13.3. The summed E-state index contributed by atoms with van der Waals surface area (Å²) in [6.07, 6.45) is 10.1. The van der Waals surface area contributed by atoms with Gasteiger partial charge in [-0.15, -0.1) is 0 Å². The van der Waals surface area contributed by atoms with Crippen molar-refractivity contribution in [3.63, 3.8) is 0 Å². The Labute approximate surface area is 129 Å². The number of rotatable bonds is 8. The lowest BCUT2D eigenvalue weighted by Gasteiger charge is -2.34. The van der Waals surface area contributed by atoms with E-state index in [1.165, 1.54) is 38.5 Å². The summed E-state index contributed by atoms with van der Waals surface area (Å²) in [5.74, 6) is 0. The molecular weight excluding hydrogens is 260 g/mol. The van der Waals surface area contributed by atoms with Crippen molar-refractivity contribution in [2.45, 2.75) is 76.8 Å². The van der Waals surface area contributed by atoms with Crippen LogP contribution in [0.15, 0.2) is 30.3 Å². The second kappa shape index (κ2) is 9.22. The van der Waals surface area contributed by atoms with Gasteiger partial charge in [-0.1, -0.05) is 75.8 Å². The molecule has 1 heterocycles. The van der Waals surface area contributed by atoms with Crippen molar-refractivity contribution < 1.29 is 9.47 Å². The van der Waals surface area contributed by atoms with Crippen molar-refractivity contribution in [2.24, 2.45) is 0 Å². The minimum atomic E-state index is -0.243. The number of ether oxygens (including phenoxy) is 2. The molecule has 1 radical (unpaired) electrons. The molecule has 1 fully saturated rings. The topological polar surface area (TPSA) is 18.5 Å². The molecule has 2 nitrogen and oxygen atoms in total. The van der Waals surface area contributed by atoms with Crippen molar-refractivity contribution >= 4 is 0 Å². The van der Waals surface area contributed by atoms with E-state index >= 15 is 0 Å². The molecule has 1 aromatic carbocycles. The Kier molecular flexibility index (Phi) is 7.25. The number of unbranched alkanes of at least 4 members (excludes halogenated alkanes) is 5. The van der Waals surface area contributed by atoms with Crippen LogP contribution in [0.3, 0.4) is 0 Å². The van der Waals surface area contributed by atoms with E-state index in [0.717, 1.165) is 18.4 Å². The van der Waals surface area contributed by atoms with E-state index in [0.29, 0.717) is 0 Å². The molecule has 1 aliphatic heterocycles. The normalized spacial score (nSPS) is 25.9. The second-order valence-corrected chi connectivity index (χ2v) is 6.05. The summed E-state index contributed by atoms with van der Waals surface area (Å²) in [4.78, 5) is 0. The molecule has 3 atom stereocenters. The Bertz CT molecular complexity index is 376. The van der Waals surface area contributed by atoms with E-state index in [-0.39, 0.29) is 18.5 Å². The van der Waals surface area contributed by atoms with Crippen molar-refractivity contribution in [1.29, 1.82) is 0 Å². The minimum absolute atomic E-state index is 0.0362.